The van der Waals surface area contributed by atoms with Gasteiger partial charge >= 0.3 is 12.1 Å². The first kappa shape index (κ1) is 19.1. The summed E-state index contributed by atoms with van der Waals surface area (Å²) in [5.41, 5.74) is 0. The Morgan fingerprint density at radius 1 is 1.20 bits per heavy atom. The fraction of sp³-hybridized carbons (Fsp3) is 0.900. The van der Waals surface area contributed by atoms with Gasteiger partial charge in [0.05, 0.1) is 37.3 Å². The third-order valence-electron chi connectivity index (χ3n) is 2.64. The minimum atomic E-state index is -4.88. The van der Waals surface area contributed by atoms with Crippen LogP contribution in [0.2, 0.25) is 0 Å². The second-order valence-corrected chi connectivity index (χ2v) is 6.63. The van der Waals surface area contributed by atoms with Crippen molar-refractivity contribution < 1.29 is 35.4 Å². The zero-order valence-electron chi connectivity index (χ0n) is 11.4. The molecule has 0 fully saturated rings. The minimum absolute atomic E-state index is 0.111. The summed E-state index contributed by atoms with van der Waals surface area (Å²) in [6.07, 6.45) is -4.38. The van der Waals surface area contributed by atoms with Crippen molar-refractivity contribution in [3.05, 3.63) is 0 Å². The Bertz CT molecular complexity index is 421. The Morgan fingerprint density at radius 3 is 2.15 bits per heavy atom. The number of halogens is 3. The van der Waals surface area contributed by atoms with Crippen LogP contribution in [0.1, 0.15) is 12.8 Å². The molecule has 0 aromatic carbocycles. The van der Waals surface area contributed by atoms with Gasteiger partial charge in [0, 0.05) is 25.1 Å². The van der Waals surface area contributed by atoms with Gasteiger partial charge in [-0.3, -0.25) is 4.79 Å². The monoisotopic (exact) mass is 320 g/mol. The van der Waals surface area contributed by atoms with Crippen LogP contribution in [0.25, 0.3) is 0 Å². The highest BCUT2D eigenvalue weighted by molar-refractivity contribution is 7.85. The van der Waals surface area contributed by atoms with Gasteiger partial charge in [-0.25, -0.2) is 8.42 Å². The topological polar surface area (TPSA) is 86.3 Å². The van der Waals surface area contributed by atoms with Crippen molar-refractivity contribution in [2.45, 2.75) is 19.0 Å². The summed E-state index contributed by atoms with van der Waals surface area (Å²) in [5.74, 6) is -2.43. The molecule has 0 radical (unpaired) electrons. The molecule has 0 aliphatic rings. The van der Waals surface area contributed by atoms with Crippen molar-refractivity contribution in [3.63, 3.8) is 0 Å². The molecular formula is C10H19F3N2O4S. The largest absolute Gasteiger partial charge is 0.748 e. The molecule has 0 aliphatic heterocycles. The smallest absolute Gasteiger partial charge is 0.471 e. The molecule has 0 unspecified atom stereocenters. The summed E-state index contributed by atoms with van der Waals surface area (Å²) in [5, 5.41) is 1.76. The number of nitrogens with one attached hydrogen (secondary N) is 1. The fourth-order valence-corrected chi connectivity index (χ4v) is 2.07. The van der Waals surface area contributed by atoms with Crippen molar-refractivity contribution >= 4 is 16.0 Å². The van der Waals surface area contributed by atoms with Crippen molar-refractivity contribution in [1.29, 1.82) is 0 Å². The van der Waals surface area contributed by atoms with Gasteiger partial charge in [0.25, 0.3) is 0 Å². The number of amides is 1. The molecular weight excluding hydrogens is 301 g/mol. The number of rotatable bonds is 8. The SMILES string of the molecule is C[N+](C)(CCCNC(=O)C(F)(F)F)CCCS(=O)(=O)[O-]. The lowest BCUT2D eigenvalue weighted by Crippen LogP contribution is -2.44. The van der Waals surface area contributed by atoms with E-state index in [0.29, 0.717) is 24.0 Å². The van der Waals surface area contributed by atoms with E-state index >= 15 is 0 Å². The minimum Gasteiger partial charge on any atom is -0.748 e. The van der Waals surface area contributed by atoms with E-state index in [9.17, 15) is 30.9 Å². The average molecular weight is 320 g/mol. The van der Waals surface area contributed by atoms with Crippen LogP contribution >= 0.6 is 0 Å². The predicted molar refractivity (Wildman–Crippen MR) is 64.7 cm³/mol. The van der Waals surface area contributed by atoms with E-state index in [1.54, 1.807) is 19.4 Å². The highest BCUT2D eigenvalue weighted by atomic mass is 32.2. The average Bonchev–Trinajstić information content (AvgIpc) is 2.20. The fourth-order valence-electron chi connectivity index (χ4n) is 1.59. The Kier molecular flexibility index (Phi) is 6.91. The number of quaternary nitrogens is 1. The molecule has 1 N–H and O–H groups in total. The van der Waals surface area contributed by atoms with Crippen LogP contribution in [-0.2, 0) is 14.9 Å². The van der Waals surface area contributed by atoms with Crippen molar-refractivity contribution in [2.24, 2.45) is 0 Å². The molecule has 0 aromatic rings. The van der Waals surface area contributed by atoms with Gasteiger partial charge in [-0.1, -0.05) is 0 Å². The predicted octanol–water partition coefficient (Wildman–Crippen LogP) is 0.0667. The van der Waals surface area contributed by atoms with Crippen LogP contribution in [0.5, 0.6) is 0 Å². The third-order valence-corrected chi connectivity index (χ3v) is 3.43. The van der Waals surface area contributed by atoms with Crippen molar-refractivity contribution in [3.8, 4) is 0 Å². The number of alkyl halides is 3. The number of carbonyl (C=O) groups excluding carboxylic acids is 1. The van der Waals surface area contributed by atoms with Crippen LogP contribution < -0.4 is 5.32 Å². The summed E-state index contributed by atoms with van der Waals surface area (Å²) in [6, 6.07) is 0. The van der Waals surface area contributed by atoms with Crippen molar-refractivity contribution in [1.82, 2.24) is 5.32 Å². The number of nitrogens with zero attached hydrogens (tertiary/aromatic N) is 1. The zero-order chi connectivity index (χ0) is 16.0. The lowest BCUT2D eigenvalue weighted by molar-refractivity contribution is -0.890. The summed E-state index contributed by atoms with van der Waals surface area (Å²) >= 11 is 0. The molecule has 0 saturated carbocycles. The maximum Gasteiger partial charge on any atom is 0.471 e. The van der Waals surface area contributed by atoms with Gasteiger partial charge in [-0.05, 0) is 0 Å². The third kappa shape index (κ3) is 9.98. The van der Waals surface area contributed by atoms with E-state index in [4.69, 9.17) is 0 Å². The van der Waals surface area contributed by atoms with E-state index in [0.717, 1.165) is 0 Å². The normalized spacial score (nSPS) is 13.3. The molecule has 0 atom stereocenters. The summed E-state index contributed by atoms with van der Waals surface area (Å²) in [7, 11) is -0.708. The summed E-state index contributed by atoms with van der Waals surface area (Å²) in [4.78, 5) is 10.5. The molecule has 0 aromatic heterocycles. The van der Waals surface area contributed by atoms with Crippen LogP contribution in [0, 0.1) is 0 Å². The zero-order valence-corrected chi connectivity index (χ0v) is 12.2. The Morgan fingerprint density at radius 2 is 1.70 bits per heavy atom. The van der Waals surface area contributed by atoms with Gasteiger partial charge in [0.2, 0.25) is 0 Å². The Balaban J connectivity index is 3.91. The van der Waals surface area contributed by atoms with Gasteiger partial charge in [-0.2, -0.15) is 13.2 Å². The molecule has 0 aliphatic carbocycles. The second kappa shape index (κ2) is 7.23. The first-order valence-corrected chi connectivity index (χ1v) is 7.52. The lowest BCUT2D eigenvalue weighted by Gasteiger charge is -2.30. The standard InChI is InChI=1S/C10H19F3N2O4S/c1-15(2,7-4-8-20(17,18)19)6-3-5-14-9(16)10(11,12)13/h3-8H2,1-2H3,(H-,14,16,17,18,19). The Labute approximate surface area is 116 Å². The maximum atomic E-state index is 11.9. The molecule has 0 bridgehead atoms. The first-order valence-electron chi connectivity index (χ1n) is 5.94. The van der Waals surface area contributed by atoms with Gasteiger partial charge < -0.3 is 14.4 Å². The van der Waals surface area contributed by atoms with E-state index in [1.807, 2.05) is 0 Å². The van der Waals surface area contributed by atoms with E-state index in [-0.39, 0.29) is 13.0 Å². The maximum absolute atomic E-state index is 11.9. The van der Waals surface area contributed by atoms with Gasteiger partial charge in [0.1, 0.15) is 0 Å². The molecule has 1 amide bonds. The molecule has 6 nitrogen and oxygen atoms in total. The van der Waals surface area contributed by atoms with Crippen LogP contribution in [0.15, 0.2) is 0 Å². The van der Waals surface area contributed by atoms with Crippen LogP contribution in [-0.4, -0.2) is 69.0 Å². The highest BCUT2D eigenvalue weighted by Gasteiger charge is 2.38. The number of hydrogen-bond donors (Lipinski definition) is 1. The van der Waals surface area contributed by atoms with E-state index in [1.165, 1.54) is 0 Å². The summed E-state index contributed by atoms with van der Waals surface area (Å²) < 4.78 is 67.3. The molecule has 20 heavy (non-hydrogen) atoms. The summed E-state index contributed by atoms with van der Waals surface area (Å²) in [6.45, 7) is 0.756. The Hall–Kier alpha value is -0.870. The second-order valence-electron chi connectivity index (χ2n) is 5.11. The lowest BCUT2D eigenvalue weighted by atomic mass is 10.3. The number of carbonyl (C=O) groups is 1. The number of hydrogen-bond acceptors (Lipinski definition) is 4. The quantitative estimate of drug-likeness (QED) is 0.389. The van der Waals surface area contributed by atoms with Crippen molar-refractivity contribution in [2.75, 3.05) is 39.5 Å². The first-order chi connectivity index (χ1) is 8.83. The van der Waals surface area contributed by atoms with E-state index in [2.05, 4.69) is 0 Å². The highest BCUT2D eigenvalue weighted by Crippen LogP contribution is 2.13. The molecule has 10 heteroatoms. The van der Waals surface area contributed by atoms with Crippen LogP contribution in [0.4, 0.5) is 13.2 Å². The van der Waals surface area contributed by atoms with Crippen LogP contribution in [0.3, 0.4) is 0 Å². The van der Waals surface area contributed by atoms with E-state index < -0.39 is 28.0 Å². The van der Waals surface area contributed by atoms with Gasteiger partial charge in [-0.15, -0.1) is 0 Å². The molecule has 120 valence electrons. The molecule has 0 saturated heterocycles. The molecule has 0 spiro atoms. The molecule has 0 heterocycles. The van der Waals surface area contributed by atoms with Gasteiger partial charge in [0.15, 0.2) is 0 Å². The molecule has 0 rings (SSSR count).